The van der Waals surface area contributed by atoms with Crippen molar-refractivity contribution in [2.75, 3.05) is 0 Å². The molecule has 0 bridgehead atoms. The Morgan fingerprint density at radius 3 is 2.16 bits per heavy atom. The van der Waals surface area contributed by atoms with Gasteiger partial charge in [-0.1, -0.05) is 60.7 Å². The zero-order valence-electron chi connectivity index (χ0n) is 17.5. The quantitative estimate of drug-likeness (QED) is 0.499. The van der Waals surface area contributed by atoms with E-state index in [0.29, 0.717) is 6.54 Å². The van der Waals surface area contributed by atoms with Crippen LogP contribution >= 0.6 is 11.8 Å². The standard InChI is InChI=1S/C23H27N3O4S/c1-23(2)19(22(29)30)26-21(31-23)18(20(28)24-14-16-11-7-4-8-12-16)25-17(27)13-15-9-5-3-6-10-15/h3-12,18-19,21,26H,13-14H2,1-2H3,(H,24,28)(H,25,27)(H,29,30)/t18-,19-,21+/m0/s1. The van der Waals surface area contributed by atoms with Gasteiger partial charge in [0.2, 0.25) is 11.8 Å². The van der Waals surface area contributed by atoms with Crippen molar-refractivity contribution in [1.29, 1.82) is 0 Å². The Hall–Kier alpha value is -2.84. The molecule has 3 rings (SSSR count). The molecule has 0 radical (unpaired) electrons. The van der Waals surface area contributed by atoms with Crippen molar-refractivity contribution in [2.24, 2.45) is 0 Å². The highest BCUT2D eigenvalue weighted by atomic mass is 32.2. The number of hydrogen-bond donors (Lipinski definition) is 4. The molecular formula is C23H27N3O4S. The minimum absolute atomic E-state index is 0.131. The Bertz CT molecular complexity index is 921. The van der Waals surface area contributed by atoms with E-state index >= 15 is 0 Å². The Labute approximate surface area is 186 Å². The lowest BCUT2D eigenvalue weighted by Crippen LogP contribution is -2.57. The predicted molar refractivity (Wildman–Crippen MR) is 120 cm³/mol. The lowest BCUT2D eigenvalue weighted by atomic mass is 10.0. The average molecular weight is 442 g/mol. The maximum absolute atomic E-state index is 13.1. The number of thioether (sulfide) groups is 1. The van der Waals surface area contributed by atoms with Gasteiger partial charge in [-0.25, -0.2) is 0 Å². The number of carbonyl (C=O) groups is 3. The zero-order valence-corrected chi connectivity index (χ0v) is 18.3. The Balaban J connectivity index is 1.73. The molecule has 1 fully saturated rings. The summed E-state index contributed by atoms with van der Waals surface area (Å²) in [5.74, 6) is -1.65. The second-order valence-corrected chi connectivity index (χ2v) is 9.79. The minimum atomic E-state index is -0.987. The van der Waals surface area contributed by atoms with E-state index in [0.717, 1.165) is 11.1 Å². The van der Waals surface area contributed by atoms with E-state index in [-0.39, 0.29) is 18.2 Å². The minimum Gasteiger partial charge on any atom is -0.480 e. The first-order chi connectivity index (χ1) is 14.8. The maximum Gasteiger partial charge on any atom is 0.322 e. The van der Waals surface area contributed by atoms with Crippen molar-refractivity contribution in [2.45, 2.75) is 49.0 Å². The van der Waals surface area contributed by atoms with E-state index in [2.05, 4.69) is 16.0 Å². The fraction of sp³-hybridized carbons (Fsp3) is 0.348. The molecule has 1 aliphatic heterocycles. The lowest BCUT2D eigenvalue weighted by Gasteiger charge is -2.25. The SMILES string of the molecule is CC1(C)S[C@H]([C@@H](NC(=O)Cc2ccccc2)C(=O)NCc2ccccc2)N[C@H]1C(=O)O. The predicted octanol–water partition coefficient (Wildman–Crippen LogP) is 1.92. The number of carboxylic acid groups (broad SMARTS) is 1. The van der Waals surface area contributed by atoms with Crippen LogP contribution < -0.4 is 16.0 Å². The molecular weight excluding hydrogens is 414 g/mol. The Morgan fingerprint density at radius 1 is 1.03 bits per heavy atom. The van der Waals surface area contributed by atoms with Crippen LogP contribution in [0.15, 0.2) is 60.7 Å². The van der Waals surface area contributed by atoms with E-state index in [1.807, 2.05) is 74.5 Å². The molecule has 4 N–H and O–H groups in total. The van der Waals surface area contributed by atoms with Gasteiger partial charge in [-0.05, 0) is 25.0 Å². The van der Waals surface area contributed by atoms with Gasteiger partial charge in [0.15, 0.2) is 0 Å². The smallest absolute Gasteiger partial charge is 0.322 e. The number of benzene rings is 2. The van der Waals surface area contributed by atoms with Gasteiger partial charge in [0.25, 0.3) is 0 Å². The molecule has 3 atom stereocenters. The van der Waals surface area contributed by atoms with E-state index in [1.165, 1.54) is 11.8 Å². The molecule has 2 amide bonds. The van der Waals surface area contributed by atoms with Gasteiger partial charge in [-0.2, -0.15) is 0 Å². The van der Waals surface area contributed by atoms with Gasteiger partial charge in [0.1, 0.15) is 12.1 Å². The number of aliphatic carboxylic acids is 1. The second kappa shape index (κ2) is 9.98. The van der Waals surface area contributed by atoms with Crippen molar-refractivity contribution in [3.63, 3.8) is 0 Å². The molecule has 1 saturated heterocycles. The molecule has 1 aliphatic rings. The first-order valence-corrected chi connectivity index (χ1v) is 11.0. The van der Waals surface area contributed by atoms with Crippen LogP contribution in [0, 0.1) is 0 Å². The van der Waals surface area contributed by atoms with Crippen LogP contribution in [0.5, 0.6) is 0 Å². The summed E-state index contributed by atoms with van der Waals surface area (Å²) in [6, 6.07) is 17.0. The molecule has 0 aromatic heterocycles. The van der Waals surface area contributed by atoms with Gasteiger partial charge in [0.05, 0.1) is 11.8 Å². The van der Waals surface area contributed by atoms with Crippen LogP contribution in [0.2, 0.25) is 0 Å². The highest BCUT2D eigenvalue weighted by Crippen LogP contribution is 2.39. The normalized spacial score (nSPS) is 20.6. The van der Waals surface area contributed by atoms with Gasteiger partial charge in [-0.15, -0.1) is 11.8 Å². The molecule has 0 aliphatic carbocycles. The molecule has 164 valence electrons. The van der Waals surface area contributed by atoms with Crippen molar-refractivity contribution in [3.8, 4) is 0 Å². The second-order valence-electron chi connectivity index (χ2n) is 7.99. The van der Waals surface area contributed by atoms with Crippen molar-refractivity contribution < 1.29 is 19.5 Å². The Morgan fingerprint density at radius 2 is 1.61 bits per heavy atom. The number of nitrogens with one attached hydrogen (secondary N) is 3. The van der Waals surface area contributed by atoms with Crippen molar-refractivity contribution >= 4 is 29.5 Å². The molecule has 0 unspecified atom stereocenters. The molecule has 0 spiro atoms. The highest BCUT2D eigenvalue weighted by Gasteiger charge is 2.49. The summed E-state index contributed by atoms with van der Waals surface area (Å²) in [6.45, 7) is 3.94. The largest absolute Gasteiger partial charge is 0.480 e. The fourth-order valence-corrected chi connectivity index (χ4v) is 5.00. The van der Waals surface area contributed by atoms with Crippen molar-refractivity contribution in [3.05, 3.63) is 71.8 Å². The number of hydrogen-bond acceptors (Lipinski definition) is 5. The molecule has 2 aromatic rings. The third-order valence-electron chi connectivity index (χ3n) is 5.12. The van der Waals surface area contributed by atoms with E-state index < -0.39 is 28.2 Å². The van der Waals surface area contributed by atoms with Crippen LogP contribution in [0.25, 0.3) is 0 Å². The monoisotopic (exact) mass is 441 g/mol. The number of amides is 2. The fourth-order valence-electron chi connectivity index (χ4n) is 3.51. The summed E-state index contributed by atoms with van der Waals surface area (Å²) >= 11 is 1.34. The van der Waals surface area contributed by atoms with Crippen LogP contribution in [-0.4, -0.2) is 45.1 Å². The van der Waals surface area contributed by atoms with Gasteiger partial charge < -0.3 is 15.7 Å². The maximum atomic E-state index is 13.1. The number of rotatable bonds is 8. The topological polar surface area (TPSA) is 108 Å². The third-order valence-corrected chi connectivity index (χ3v) is 6.63. The summed E-state index contributed by atoms with van der Waals surface area (Å²) < 4.78 is -0.640. The summed E-state index contributed by atoms with van der Waals surface area (Å²) in [7, 11) is 0. The third kappa shape index (κ3) is 6.08. The Kier molecular flexibility index (Phi) is 7.35. The molecule has 31 heavy (non-hydrogen) atoms. The van der Waals surface area contributed by atoms with E-state index in [4.69, 9.17) is 0 Å². The van der Waals surface area contributed by atoms with Crippen molar-refractivity contribution in [1.82, 2.24) is 16.0 Å². The number of carboxylic acids is 1. The summed E-state index contributed by atoms with van der Waals surface area (Å²) in [4.78, 5) is 37.4. The van der Waals surface area contributed by atoms with E-state index in [9.17, 15) is 19.5 Å². The lowest BCUT2D eigenvalue weighted by molar-refractivity contribution is -0.140. The molecule has 7 nitrogen and oxygen atoms in total. The van der Waals surface area contributed by atoms with Crippen LogP contribution in [0.4, 0.5) is 0 Å². The van der Waals surface area contributed by atoms with Crippen LogP contribution in [0.1, 0.15) is 25.0 Å². The van der Waals surface area contributed by atoms with Crippen LogP contribution in [0.3, 0.4) is 0 Å². The summed E-state index contributed by atoms with van der Waals surface area (Å²) in [5, 5.41) is 17.7. The highest BCUT2D eigenvalue weighted by molar-refractivity contribution is 8.01. The molecule has 2 aromatic carbocycles. The van der Waals surface area contributed by atoms with Gasteiger partial charge >= 0.3 is 5.97 Å². The molecule has 8 heteroatoms. The van der Waals surface area contributed by atoms with Gasteiger partial charge in [-0.3, -0.25) is 19.7 Å². The van der Waals surface area contributed by atoms with E-state index in [1.54, 1.807) is 0 Å². The summed E-state index contributed by atoms with van der Waals surface area (Å²) in [5.41, 5.74) is 1.76. The molecule has 1 heterocycles. The van der Waals surface area contributed by atoms with Gasteiger partial charge in [0, 0.05) is 11.3 Å². The zero-order chi connectivity index (χ0) is 22.4. The van der Waals surface area contributed by atoms with Crippen LogP contribution in [-0.2, 0) is 27.3 Å². The summed E-state index contributed by atoms with van der Waals surface area (Å²) in [6.07, 6.45) is 0.131. The number of carbonyl (C=O) groups excluding carboxylic acids is 2. The first kappa shape index (κ1) is 22.8. The average Bonchev–Trinajstić information content (AvgIpc) is 3.07. The first-order valence-electron chi connectivity index (χ1n) is 10.1. The molecule has 0 saturated carbocycles.